The van der Waals surface area contributed by atoms with Crippen LogP contribution in [0.25, 0.3) is 16.0 Å². The Morgan fingerprint density at radius 3 is 2.67 bits per heavy atom. The molecule has 0 amide bonds. The van der Waals surface area contributed by atoms with Crippen LogP contribution in [-0.2, 0) is 12.3 Å². The number of hydrogen-bond acceptors (Lipinski definition) is 7. The van der Waals surface area contributed by atoms with Crippen LogP contribution in [0, 0.1) is 5.82 Å². The van der Waals surface area contributed by atoms with Gasteiger partial charge in [0.05, 0.1) is 25.3 Å². The lowest BCUT2D eigenvalue weighted by Crippen LogP contribution is -2.23. The van der Waals surface area contributed by atoms with Crippen molar-refractivity contribution < 1.29 is 13.9 Å². The van der Waals surface area contributed by atoms with E-state index in [-0.39, 0.29) is 23.7 Å². The average Bonchev–Trinajstić information content (AvgIpc) is 3.51. The molecular weight excluding hydrogens is 523 g/mol. The smallest absolute Gasteiger partial charge is 0.273 e. The predicted octanol–water partition coefficient (Wildman–Crippen LogP) is 6.04. The predicted molar refractivity (Wildman–Crippen MR) is 141 cm³/mol. The molecule has 0 saturated carbocycles. The van der Waals surface area contributed by atoms with Crippen molar-refractivity contribution in [1.29, 1.82) is 0 Å². The highest BCUT2D eigenvalue weighted by Gasteiger charge is 2.19. The van der Waals surface area contributed by atoms with Gasteiger partial charge in [0.25, 0.3) is 5.56 Å². The number of aromatic nitrogens is 4. The van der Waals surface area contributed by atoms with Crippen LogP contribution in [0.5, 0.6) is 11.5 Å². The molecule has 0 unspecified atom stereocenters. The van der Waals surface area contributed by atoms with E-state index in [0.717, 1.165) is 5.56 Å². The summed E-state index contributed by atoms with van der Waals surface area (Å²) in [5, 5.41) is 11.4. The van der Waals surface area contributed by atoms with Crippen molar-refractivity contribution in [1.82, 2.24) is 19.2 Å². The number of nitrogens with zero attached hydrogens (tertiary/aromatic N) is 4. The molecular formula is C25H22ClFN4O3S2. The first-order chi connectivity index (χ1) is 17.5. The third kappa shape index (κ3) is 4.56. The van der Waals surface area contributed by atoms with Crippen molar-refractivity contribution in [2.24, 2.45) is 0 Å². The SMILES string of the molecule is CCOc1ccc(Cn2c(=O)c3sccc3n3c(SCc4c(F)cccc4Cl)nnc23)cc1OCC. The van der Waals surface area contributed by atoms with Gasteiger partial charge in [-0.1, -0.05) is 35.5 Å². The number of rotatable bonds is 9. The van der Waals surface area contributed by atoms with Crippen LogP contribution >= 0.6 is 34.7 Å². The number of benzene rings is 2. The summed E-state index contributed by atoms with van der Waals surface area (Å²) in [6, 6.07) is 12.1. The fourth-order valence-corrected chi connectivity index (χ4v) is 6.03. The molecule has 3 heterocycles. The molecule has 0 atom stereocenters. The Balaban J connectivity index is 1.56. The Labute approximate surface area is 219 Å². The van der Waals surface area contributed by atoms with Crippen molar-refractivity contribution in [3.63, 3.8) is 0 Å². The van der Waals surface area contributed by atoms with Gasteiger partial charge in [-0.05, 0) is 55.1 Å². The number of ether oxygens (including phenoxy) is 2. The van der Waals surface area contributed by atoms with Crippen LogP contribution in [-0.4, -0.2) is 32.4 Å². The van der Waals surface area contributed by atoms with Gasteiger partial charge in [0.15, 0.2) is 16.7 Å². The molecule has 0 fully saturated rings. The molecule has 0 bridgehead atoms. The van der Waals surface area contributed by atoms with E-state index in [0.29, 0.717) is 56.4 Å². The number of fused-ring (bicyclic) bond motifs is 3. The Bertz CT molecular complexity index is 1590. The van der Waals surface area contributed by atoms with Gasteiger partial charge in [0, 0.05) is 16.3 Å². The molecule has 0 aliphatic rings. The highest BCUT2D eigenvalue weighted by molar-refractivity contribution is 7.98. The molecule has 186 valence electrons. The van der Waals surface area contributed by atoms with Gasteiger partial charge < -0.3 is 9.47 Å². The first-order valence-corrected chi connectivity index (χ1v) is 13.6. The summed E-state index contributed by atoms with van der Waals surface area (Å²) in [6.45, 7) is 5.10. The molecule has 11 heteroatoms. The van der Waals surface area contributed by atoms with E-state index in [1.54, 1.807) is 16.7 Å². The highest BCUT2D eigenvalue weighted by Crippen LogP contribution is 2.31. The van der Waals surface area contributed by atoms with Gasteiger partial charge in [-0.3, -0.25) is 13.8 Å². The molecule has 0 aliphatic heterocycles. The van der Waals surface area contributed by atoms with Crippen molar-refractivity contribution in [3.8, 4) is 11.5 Å². The van der Waals surface area contributed by atoms with Crippen molar-refractivity contribution in [2.45, 2.75) is 31.3 Å². The van der Waals surface area contributed by atoms with Crippen molar-refractivity contribution in [3.05, 3.63) is 80.2 Å². The maximum Gasteiger partial charge on any atom is 0.273 e. The van der Waals surface area contributed by atoms with Crippen LogP contribution in [0.1, 0.15) is 25.0 Å². The van der Waals surface area contributed by atoms with Crippen LogP contribution in [0.4, 0.5) is 4.39 Å². The van der Waals surface area contributed by atoms with Gasteiger partial charge in [0.2, 0.25) is 5.78 Å². The quantitative estimate of drug-likeness (QED) is 0.211. The molecule has 7 nitrogen and oxygen atoms in total. The van der Waals surface area contributed by atoms with Gasteiger partial charge in [0.1, 0.15) is 10.5 Å². The first-order valence-electron chi connectivity index (χ1n) is 11.3. The largest absolute Gasteiger partial charge is 0.490 e. The van der Waals surface area contributed by atoms with E-state index in [1.807, 2.05) is 47.9 Å². The van der Waals surface area contributed by atoms with Gasteiger partial charge in [-0.15, -0.1) is 21.5 Å². The number of halogens is 2. The summed E-state index contributed by atoms with van der Waals surface area (Å²) in [6.07, 6.45) is 0. The Morgan fingerprint density at radius 2 is 1.89 bits per heavy atom. The molecule has 0 aliphatic carbocycles. The number of thiophene rings is 1. The molecule has 3 aromatic heterocycles. The topological polar surface area (TPSA) is 70.7 Å². The standard InChI is InChI=1S/C25H22ClFN4O3S2/c1-3-33-20-9-8-15(12-21(20)34-4-2)13-30-23(32)22-19(10-11-35-22)31-24(30)28-29-25(31)36-14-16-17(26)6-5-7-18(16)27/h5-12H,3-4,13-14H2,1-2H3. The van der Waals surface area contributed by atoms with E-state index in [9.17, 15) is 9.18 Å². The van der Waals surface area contributed by atoms with Gasteiger partial charge in [-0.2, -0.15) is 0 Å². The second kappa shape index (κ2) is 10.5. The van der Waals surface area contributed by atoms with Crippen LogP contribution < -0.4 is 15.0 Å². The molecule has 0 N–H and O–H groups in total. The maximum absolute atomic E-state index is 14.3. The van der Waals surface area contributed by atoms with E-state index < -0.39 is 0 Å². The zero-order valence-electron chi connectivity index (χ0n) is 19.5. The molecule has 0 spiro atoms. The normalized spacial score (nSPS) is 11.4. The van der Waals surface area contributed by atoms with E-state index in [2.05, 4.69) is 10.2 Å². The fourth-order valence-electron chi connectivity index (χ4n) is 3.92. The van der Waals surface area contributed by atoms with E-state index >= 15 is 0 Å². The van der Waals surface area contributed by atoms with E-state index in [1.165, 1.54) is 29.2 Å². The molecule has 36 heavy (non-hydrogen) atoms. The lowest BCUT2D eigenvalue weighted by atomic mass is 10.2. The number of hydrogen-bond donors (Lipinski definition) is 0. The molecule has 2 aromatic carbocycles. The minimum absolute atomic E-state index is 0.152. The minimum atomic E-state index is -0.373. The van der Waals surface area contributed by atoms with Crippen molar-refractivity contribution >= 4 is 50.7 Å². The molecule has 0 saturated heterocycles. The van der Waals surface area contributed by atoms with Crippen LogP contribution in [0.15, 0.2) is 57.8 Å². The summed E-state index contributed by atoms with van der Waals surface area (Å²) in [4.78, 5) is 13.4. The Morgan fingerprint density at radius 1 is 1.08 bits per heavy atom. The summed E-state index contributed by atoms with van der Waals surface area (Å²) in [7, 11) is 0. The highest BCUT2D eigenvalue weighted by atomic mass is 35.5. The summed E-state index contributed by atoms with van der Waals surface area (Å²) in [5.74, 6) is 1.58. The average molecular weight is 545 g/mol. The molecule has 5 aromatic rings. The Hall–Kier alpha value is -3.08. The lowest BCUT2D eigenvalue weighted by Gasteiger charge is -2.14. The number of thioether (sulfide) groups is 1. The summed E-state index contributed by atoms with van der Waals surface area (Å²) in [5.41, 5.74) is 1.82. The fraction of sp³-hybridized carbons (Fsp3) is 0.240. The van der Waals surface area contributed by atoms with Crippen LogP contribution in [0.2, 0.25) is 5.02 Å². The zero-order valence-corrected chi connectivity index (χ0v) is 21.9. The minimum Gasteiger partial charge on any atom is -0.490 e. The second-order valence-corrected chi connectivity index (χ2v) is 10.0. The van der Waals surface area contributed by atoms with Crippen LogP contribution in [0.3, 0.4) is 0 Å². The third-order valence-corrected chi connectivity index (χ3v) is 7.74. The lowest BCUT2D eigenvalue weighted by molar-refractivity contribution is 0.287. The maximum atomic E-state index is 14.3. The third-order valence-electron chi connectivity index (χ3n) is 5.54. The van der Waals surface area contributed by atoms with Crippen molar-refractivity contribution in [2.75, 3.05) is 13.2 Å². The summed E-state index contributed by atoms with van der Waals surface area (Å²) < 4.78 is 29.8. The van der Waals surface area contributed by atoms with Gasteiger partial charge in [-0.25, -0.2) is 4.39 Å². The Kier molecular flexibility index (Phi) is 7.17. The second-order valence-electron chi connectivity index (χ2n) is 7.78. The first kappa shape index (κ1) is 24.6. The molecule has 5 rings (SSSR count). The monoisotopic (exact) mass is 544 g/mol. The molecule has 0 radical (unpaired) electrons. The van der Waals surface area contributed by atoms with E-state index in [4.69, 9.17) is 21.1 Å². The zero-order chi connectivity index (χ0) is 25.2. The van der Waals surface area contributed by atoms with Gasteiger partial charge >= 0.3 is 0 Å². The summed E-state index contributed by atoms with van der Waals surface area (Å²) >= 11 is 8.88.